The fraction of sp³-hybridized carbons (Fsp3) is 0.700. The van der Waals surface area contributed by atoms with Gasteiger partial charge in [0.05, 0.1) is 5.84 Å². The molecule has 82 valence electrons. The first-order chi connectivity index (χ1) is 7.25. The molecule has 0 aliphatic carbocycles. The van der Waals surface area contributed by atoms with Crippen LogP contribution in [0.4, 0.5) is 0 Å². The molecule has 0 bridgehead atoms. The molecule has 15 heavy (non-hydrogen) atoms. The van der Waals surface area contributed by atoms with Crippen LogP contribution in [0.15, 0.2) is 6.33 Å². The largest absolute Gasteiger partial charge is 0.360 e. The van der Waals surface area contributed by atoms with Crippen molar-refractivity contribution in [1.29, 1.82) is 5.41 Å². The van der Waals surface area contributed by atoms with E-state index in [2.05, 4.69) is 15.0 Å². The van der Waals surface area contributed by atoms with Gasteiger partial charge >= 0.3 is 0 Å². The molecule has 1 saturated heterocycles. The van der Waals surface area contributed by atoms with Crippen molar-refractivity contribution in [3.63, 3.8) is 0 Å². The van der Waals surface area contributed by atoms with Gasteiger partial charge in [-0.3, -0.25) is 10.1 Å². The molecule has 1 aromatic heterocycles. The molecule has 1 fully saturated rings. The third-order valence-electron chi connectivity index (χ3n) is 2.73. The molecule has 1 aliphatic heterocycles. The topological polar surface area (TPSA) is 57.8 Å². The number of nitrogens with zero attached hydrogens (tertiary/aromatic N) is 4. The Morgan fingerprint density at radius 3 is 3.00 bits per heavy atom. The third kappa shape index (κ3) is 2.55. The summed E-state index contributed by atoms with van der Waals surface area (Å²) in [6, 6.07) is 0. The van der Waals surface area contributed by atoms with Crippen molar-refractivity contribution in [2.75, 3.05) is 13.1 Å². The van der Waals surface area contributed by atoms with Crippen molar-refractivity contribution in [3.8, 4) is 0 Å². The Morgan fingerprint density at radius 2 is 2.33 bits per heavy atom. The maximum atomic E-state index is 7.80. The minimum absolute atomic E-state index is 0.775. The predicted molar refractivity (Wildman–Crippen MR) is 57.9 cm³/mol. The van der Waals surface area contributed by atoms with Gasteiger partial charge in [-0.05, 0) is 12.8 Å². The molecule has 0 aromatic carbocycles. The van der Waals surface area contributed by atoms with Crippen LogP contribution in [0.1, 0.15) is 25.1 Å². The first-order valence-electron chi connectivity index (χ1n) is 5.42. The summed E-state index contributed by atoms with van der Waals surface area (Å²) >= 11 is 0. The number of amidine groups is 1. The summed E-state index contributed by atoms with van der Waals surface area (Å²) in [5.41, 5.74) is 0. The molecular weight excluding hydrogens is 190 g/mol. The maximum Gasteiger partial charge on any atom is 0.152 e. The number of hydrogen-bond acceptors (Lipinski definition) is 3. The second-order valence-corrected chi connectivity index (χ2v) is 3.98. The molecule has 1 aromatic rings. The van der Waals surface area contributed by atoms with E-state index in [0.717, 1.165) is 44.0 Å². The fourth-order valence-corrected chi connectivity index (χ4v) is 1.87. The summed E-state index contributed by atoms with van der Waals surface area (Å²) in [5, 5.41) is 12.0. The van der Waals surface area contributed by atoms with Crippen LogP contribution in [-0.2, 0) is 13.5 Å². The Balaban J connectivity index is 1.84. The summed E-state index contributed by atoms with van der Waals surface area (Å²) in [6.45, 7) is 1.90. The van der Waals surface area contributed by atoms with Gasteiger partial charge in [0.25, 0.3) is 0 Å². The van der Waals surface area contributed by atoms with Crippen molar-refractivity contribution in [1.82, 2.24) is 19.7 Å². The molecule has 0 atom stereocenters. The van der Waals surface area contributed by atoms with Gasteiger partial charge in [-0.25, -0.2) is 4.98 Å². The minimum atomic E-state index is 0.775. The first-order valence-corrected chi connectivity index (χ1v) is 5.42. The molecule has 5 nitrogen and oxygen atoms in total. The van der Waals surface area contributed by atoms with Crippen molar-refractivity contribution in [2.45, 2.75) is 25.7 Å². The van der Waals surface area contributed by atoms with Crippen LogP contribution in [0, 0.1) is 5.41 Å². The van der Waals surface area contributed by atoms with E-state index in [-0.39, 0.29) is 0 Å². The average Bonchev–Trinajstić information content (AvgIpc) is 2.63. The SMILES string of the molecule is Cn1cnc(CCN2CCCCC2=N)n1. The Bertz CT molecular complexity index is 343. The molecular formula is C10H17N5. The van der Waals surface area contributed by atoms with Crippen molar-refractivity contribution in [2.24, 2.45) is 7.05 Å². The van der Waals surface area contributed by atoms with Gasteiger partial charge in [-0.2, -0.15) is 5.10 Å². The summed E-state index contributed by atoms with van der Waals surface area (Å²) in [4.78, 5) is 6.32. The molecule has 2 heterocycles. The van der Waals surface area contributed by atoms with Gasteiger partial charge in [-0.1, -0.05) is 0 Å². The lowest BCUT2D eigenvalue weighted by molar-refractivity contribution is 0.368. The first kappa shape index (κ1) is 10.1. The monoisotopic (exact) mass is 207 g/mol. The standard InChI is InChI=1S/C10H17N5/c1-14-8-12-10(13-14)5-7-15-6-3-2-4-9(15)11/h8,11H,2-7H2,1H3. The van der Waals surface area contributed by atoms with Crippen LogP contribution in [0.25, 0.3) is 0 Å². The second-order valence-electron chi connectivity index (χ2n) is 3.98. The molecule has 5 heteroatoms. The van der Waals surface area contributed by atoms with Gasteiger partial charge in [0, 0.05) is 33.0 Å². The summed E-state index contributed by atoms with van der Waals surface area (Å²) in [6.07, 6.45) is 5.85. The van der Waals surface area contributed by atoms with E-state index < -0.39 is 0 Å². The summed E-state index contributed by atoms with van der Waals surface area (Å²) < 4.78 is 1.72. The second kappa shape index (κ2) is 4.42. The number of nitrogens with one attached hydrogen (secondary N) is 1. The molecule has 1 N–H and O–H groups in total. The summed E-state index contributed by atoms with van der Waals surface area (Å²) in [5.74, 6) is 1.65. The summed E-state index contributed by atoms with van der Waals surface area (Å²) in [7, 11) is 1.87. The Hall–Kier alpha value is -1.39. The zero-order valence-electron chi connectivity index (χ0n) is 9.11. The van der Waals surface area contributed by atoms with E-state index in [1.807, 2.05) is 7.05 Å². The quantitative estimate of drug-likeness (QED) is 0.798. The van der Waals surface area contributed by atoms with E-state index in [0.29, 0.717) is 0 Å². The van der Waals surface area contributed by atoms with Gasteiger partial charge in [0.15, 0.2) is 5.82 Å². The number of likely N-dealkylation sites (tertiary alicyclic amines) is 1. The van der Waals surface area contributed by atoms with Gasteiger partial charge < -0.3 is 4.90 Å². The molecule has 2 rings (SSSR count). The average molecular weight is 207 g/mol. The highest BCUT2D eigenvalue weighted by atomic mass is 15.3. The van der Waals surface area contributed by atoms with E-state index in [9.17, 15) is 0 Å². The molecule has 0 spiro atoms. The zero-order valence-corrected chi connectivity index (χ0v) is 9.11. The molecule has 0 radical (unpaired) electrons. The zero-order chi connectivity index (χ0) is 10.7. The van der Waals surface area contributed by atoms with Gasteiger partial charge in [-0.15, -0.1) is 0 Å². The lowest BCUT2D eigenvalue weighted by Gasteiger charge is -2.28. The van der Waals surface area contributed by atoms with Crippen LogP contribution in [0.2, 0.25) is 0 Å². The van der Waals surface area contributed by atoms with E-state index >= 15 is 0 Å². The van der Waals surface area contributed by atoms with Gasteiger partial charge in [0.1, 0.15) is 6.33 Å². The van der Waals surface area contributed by atoms with Crippen LogP contribution in [0.3, 0.4) is 0 Å². The molecule has 1 aliphatic rings. The van der Waals surface area contributed by atoms with Crippen molar-refractivity contribution < 1.29 is 0 Å². The van der Waals surface area contributed by atoms with Crippen LogP contribution in [-0.4, -0.2) is 38.6 Å². The highest BCUT2D eigenvalue weighted by Crippen LogP contribution is 2.10. The maximum absolute atomic E-state index is 7.80. The van der Waals surface area contributed by atoms with Crippen LogP contribution >= 0.6 is 0 Å². The fourth-order valence-electron chi connectivity index (χ4n) is 1.87. The lowest BCUT2D eigenvalue weighted by Crippen LogP contribution is -2.36. The predicted octanol–water partition coefficient (Wildman–Crippen LogP) is 0.821. The Morgan fingerprint density at radius 1 is 1.47 bits per heavy atom. The highest BCUT2D eigenvalue weighted by molar-refractivity contribution is 5.79. The number of hydrogen-bond donors (Lipinski definition) is 1. The highest BCUT2D eigenvalue weighted by Gasteiger charge is 2.14. The van der Waals surface area contributed by atoms with E-state index in [1.54, 1.807) is 11.0 Å². The Labute approximate surface area is 89.6 Å². The third-order valence-corrected chi connectivity index (χ3v) is 2.73. The van der Waals surface area contributed by atoms with Gasteiger partial charge in [0.2, 0.25) is 0 Å². The van der Waals surface area contributed by atoms with E-state index in [4.69, 9.17) is 5.41 Å². The van der Waals surface area contributed by atoms with Crippen LogP contribution < -0.4 is 0 Å². The Kier molecular flexibility index (Phi) is 2.99. The molecule has 0 unspecified atom stereocenters. The number of aromatic nitrogens is 3. The normalized spacial score (nSPS) is 17.1. The minimum Gasteiger partial charge on any atom is -0.360 e. The smallest absolute Gasteiger partial charge is 0.152 e. The number of rotatable bonds is 3. The number of piperidine rings is 1. The molecule has 0 amide bonds. The van der Waals surface area contributed by atoms with E-state index in [1.165, 1.54) is 6.42 Å². The number of aryl methyl sites for hydroxylation is 1. The van der Waals surface area contributed by atoms with Crippen molar-refractivity contribution >= 4 is 5.84 Å². The van der Waals surface area contributed by atoms with Crippen LogP contribution in [0.5, 0.6) is 0 Å². The lowest BCUT2D eigenvalue weighted by atomic mass is 10.1. The van der Waals surface area contributed by atoms with Crippen molar-refractivity contribution in [3.05, 3.63) is 12.2 Å². The molecule has 0 saturated carbocycles.